The molecule has 2 aromatic rings. The third-order valence-electron chi connectivity index (χ3n) is 5.34. The molecule has 7 nitrogen and oxygen atoms in total. The number of methoxy groups -OCH3 is 1. The zero-order chi connectivity index (χ0) is 25.5. The average molecular weight is 496 g/mol. The van der Waals surface area contributed by atoms with Crippen molar-refractivity contribution < 1.29 is 28.6 Å². The maximum absolute atomic E-state index is 12.9. The third-order valence-corrected chi connectivity index (χ3v) is 6.22. The molecule has 0 spiro atoms. The lowest BCUT2D eigenvalue weighted by atomic mass is 10.0. The Balaban J connectivity index is 1.90. The van der Waals surface area contributed by atoms with Crippen LogP contribution in [0.2, 0.25) is 0 Å². The van der Waals surface area contributed by atoms with E-state index in [-0.39, 0.29) is 11.5 Å². The van der Waals surface area contributed by atoms with Gasteiger partial charge in [-0.05, 0) is 68.3 Å². The molecule has 1 aliphatic heterocycles. The SMILES string of the molecule is C=CCc1cc(/C=C2/SC(=O)N([C@@H](C)C(=O)OCC)C2=O)cc(OC)c1OCc1cccc(C)c1. The second kappa shape index (κ2) is 11.8. The number of rotatable bonds is 10. The summed E-state index contributed by atoms with van der Waals surface area (Å²) in [6.07, 6.45) is 3.89. The Morgan fingerprint density at radius 3 is 2.66 bits per heavy atom. The highest BCUT2D eigenvalue weighted by atomic mass is 32.2. The fourth-order valence-electron chi connectivity index (χ4n) is 3.68. The molecule has 1 heterocycles. The second-order valence-electron chi connectivity index (χ2n) is 7.96. The fraction of sp³-hybridized carbons (Fsp3) is 0.296. The molecule has 0 aromatic heterocycles. The minimum Gasteiger partial charge on any atom is -0.493 e. The van der Waals surface area contributed by atoms with E-state index in [4.69, 9.17) is 14.2 Å². The van der Waals surface area contributed by atoms with Crippen molar-refractivity contribution in [3.8, 4) is 11.5 Å². The molecular weight excluding hydrogens is 466 g/mol. The summed E-state index contributed by atoms with van der Waals surface area (Å²) in [7, 11) is 1.55. The number of carbonyl (C=O) groups excluding carboxylic acids is 3. The first kappa shape index (κ1) is 26.1. The van der Waals surface area contributed by atoms with E-state index in [2.05, 4.69) is 12.6 Å². The highest BCUT2D eigenvalue weighted by Crippen LogP contribution is 2.38. The lowest BCUT2D eigenvalue weighted by Gasteiger charge is -2.19. The summed E-state index contributed by atoms with van der Waals surface area (Å²) in [5, 5.41) is -0.516. The fourth-order valence-corrected chi connectivity index (χ4v) is 4.59. The van der Waals surface area contributed by atoms with Gasteiger partial charge in [0.2, 0.25) is 0 Å². The Hall–Kier alpha value is -3.52. The molecule has 1 aliphatic rings. The zero-order valence-electron chi connectivity index (χ0n) is 20.3. The van der Waals surface area contributed by atoms with Crippen molar-refractivity contribution in [1.29, 1.82) is 0 Å². The van der Waals surface area contributed by atoms with Gasteiger partial charge in [-0.25, -0.2) is 4.79 Å². The molecule has 0 radical (unpaired) electrons. The molecule has 2 aromatic carbocycles. The Morgan fingerprint density at radius 1 is 1.23 bits per heavy atom. The number of esters is 1. The molecule has 1 atom stereocenters. The van der Waals surface area contributed by atoms with Crippen molar-refractivity contribution >= 4 is 35.0 Å². The van der Waals surface area contributed by atoms with Crippen molar-refractivity contribution in [2.45, 2.75) is 39.8 Å². The van der Waals surface area contributed by atoms with Gasteiger partial charge in [0, 0.05) is 5.56 Å². The first-order valence-corrected chi connectivity index (χ1v) is 12.0. The van der Waals surface area contributed by atoms with E-state index in [0.29, 0.717) is 30.1 Å². The molecule has 3 rings (SSSR count). The van der Waals surface area contributed by atoms with Gasteiger partial charge < -0.3 is 14.2 Å². The molecule has 0 saturated carbocycles. The quantitative estimate of drug-likeness (QED) is 0.251. The van der Waals surface area contributed by atoms with Gasteiger partial charge >= 0.3 is 5.97 Å². The van der Waals surface area contributed by atoms with Gasteiger partial charge in [-0.1, -0.05) is 35.9 Å². The van der Waals surface area contributed by atoms with Crippen LogP contribution in [-0.2, 0) is 27.4 Å². The second-order valence-corrected chi connectivity index (χ2v) is 8.95. The van der Waals surface area contributed by atoms with E-state index in [1.165, 1.54) is 6.92 Å². The molecule has 0 bridgehead atoms. The number of aryl methyl sites for hydroxylation is 1. The molecule has 0 N–H and O–H groups in total. The van der Waals surface area contributed by atoms with Crippen molar-refractivity contribution in [3.63, 3.8) is 0 Å². The van der Waals surface area contributed by atoms with E-state index in [1.54, 1.807) is 32.3 Å². The Bertz CT molecular complexity index is 1170. The predicted molar refractivity (Wildman–Crippen MR) is 136 cm³/mol. The summed E-state index contributed by atoms with van der Waals surface area (Å²) in [5.74, 6) is -0.0665. The van der Waals surface area contributed by atoms with E-state index >= 15 is 0 Å². The smallest absolute Gasteiger partial charge is 0.329 e. The number of hydrogen-bond donors (Lipinski definition) is 0. The van der Waals surface area contributed by atoms with Gasteiger partial charge in [-0.2, -0.15) is 0 Å². The van der Waals surface area contributed by atoms with Gasteiger partial charge in [0.1, 0.15) is 12.6 Å². The molecule has 1 saturated heterocycles. The van der Waals surface area contributed by atoms with E-state index in [9.17, 15) is 14.4 Å². The van der Waals surface area contributed by atoms with Crippen molar-refractivity contribution in [1.82, 2.24) is 4.90 Å². The van der Waals surface area contributed by atoms with Gasteiger partial charge in [-0.3, -0.25) is 14.5 Å². The number of ether oxygens (including phenoxy) is 3. The maximum Gasteiger partial charge on any atom is 0.329 e. The van der Waals surface area contributed by atoms with E-state index in [0.717, 1.165) is 33.4 Å². The summed E-state index contributed by atoms with van der Waals surface area (Å²) in [6, 6.07) is 10.7. The number of hydrogen-bond acceptors (Lipinski definition) is 7. The van der Waals surface area contributed by atoms with Crippen molar-refractivity contribution in [3.05, 3.63) is 76.2 Å². The molecule has 35 heavy (non-hydrogen) atoms. The van der Waals surface area contributed by atoms with Gasteiger partial charge in [0.15, 0.2) is 11.5 Å². The van der Waals surface area contributed by atoms with Crippen LogP contribution in [0.15, 0.2) is 54.0 Å². The van der Waals surface area contributed by atoms with E-state index < -0.39 is 23.2 Å². The summed E-state index contributed by atoms with van der Waals surface area (Å²) in [4.78, 5) is 38.6. The Kier molecular flexibility index (Phi) is 8.76. The number of amides is 2. The molecule has 0 aliphatic carbocycles. The van der Waals surface area contributed by atoms with Crippen LogP contribution < -0.4 is 9.47 Å². The zero-order valence-corrected chi connectivity index (χ0v) is 21.1. The molecule has 184 valence electrons. The van der Waals surface area contributed by atoms with E-state index in [1.807, 2.05) is 31.2 Å². The Labute approximate surface area is 209 Å². The normalized spacial score (nSPS) is 15.3. The van der Waals surface area contributed by atoms with Gasteiger partial charge in [-0.15, -0.1) is 6.58 Å². The number of imide groups is 1. The first-order chi connectivity index (χ1) is 16.8. The number of carbonyl (C=O) groups is 3. The summed E-state index contributed by atoms with van der Waals surface area (Å²) < 4.78 is 16.7. The van der Waals surface area contributed by atoms with Gasteiger partial charge in [0.25, 0.3) is 11.1 Å². The van der Waals surface area contributed by atoms with Crippen LogP contribution in [0, 0.1) is 6.92 Å². The monoisotopic (exact) mass is 495 g/mol. The van der Waals surface area contributed by atoms with Crippen molar-refractivity contribution in [2.75, 3.05) is 13.7 Å². The number of benzene rings is 2. The molecule has 8 heteroatoms. The molecule has 1 fully saturated rings. The molecular formula is C27H29NO6S. The molecule has 2 amide bonds. The lowest BCUT2D eigenvalue weighted by Crippen LogP contribution is -2.42. The minimum atomic E-state index is -1.00. The van der Waals surface area contributed by atoms with Crippen LogP contribution in [-0.4, -0.2) is 41.8 Å². The number of allylic oxidation sites excluding steroid dienone is 1. The number of thioether (sulfide) groups is 1. The maximum atomic E-state index is 12.9. The summed E-state index contributed by atoms with van der Waals surface area (Å²) >= 11 is 0.785. The lowest BCUT2D eigenvalue weighted by molar-refractivity contribution is -0.150. The van der Waals surface area contributed by atoms with Crippen molar-refractivity contribution in [2.24, 2.45) is 0 Å². The first-order valence-electron chi connectivity index (χ1n) is 11.2. The summed E-state index contributed by atoms with van der Waals surface area (Å²) in [5.41, 5.74) is 3.67. The number of nitrogens with zero attached hydrogens (tertiary/aromatic N) is 1. The van der Waals surface area contributed by atoms with Crippen LogP contribution in [0.25, 0.3) is 6.08 Å². The van der Waals surface area contributed by atoms with Crippen LogP contribution >= 0.6 is 11.8 Å². The van der Waals surface area contributed by atoms with Crippen LogP contribution in [0.1, 0.15) is 36.1 Å². The topological polar surface area (TPSA) is 82.1 Å². The summed E-state index contributed by atoms with van der Waals surface area (Å²) in [6.45, 7) is 9.53. The highest BCUT2D eigenvalue weighted by molar-refractivity contribution is 8.18. The predicted octanol–water partition coefficient (Wildman–Crippen LogP) is 5.30. The Morgan fingerprint density at radius 2 is 2.00 bits per heavy atom. The molecule has 0 unspecified atom stereocenters. The standard InChI is InChI=1S/C27H29NO6S/c1-6-9-21-13-20(14-22(32-5)24(21)34-16-19-11-8-10-17(3)12-19)15-23-25(29)28(27(31)35-23)18(4)26(30)33-7-2/h6,8,10-15,18H,1,7,9,16H2,2-5H3/b23-15+/t18-/m0/s1. The minimum absolute atomic E-state index is 0.166. The van der Waals surface area contributed by atoms with Gasteiger partial charge in [0.05, 0.1) is 18.6 Å². The van der Waals surface area contributed by atoms with Crippen LogP contribution in [0.4, 0.5) is 4.79 Å². The highest BCUT2D eigenvalue weighted by Gasteiger charge is 2.41. The largest absolute Gasteiger partial charge is 0.493 e. The van der Waals surface area contributed by atoms with Crippen LogP contribution in [0.3, 0.4) is 0 Å². The third kappa shape index (κ3) is 6.14. The van der Waals surface area contributed by atoms with Crippen LogP contribution in [0.5, 0.6) is 11.5 Å². The average Bonchev–Trinajstić information content (AvgIpc) is 3.10.